The standard InChI is InChI=1S/C13H17ClN4/c1-9(11-5-4-6-15-7-11)16-8-12-13(14)10(2)17-18(12)3/h4-7,9,16H,8H2,1-3H3/t9-/m1/s1. The molecule has 2 aromatic heterocycles. The van der Waals surface area contributed by atoms with Crippen LogP contribution in [0.4, 0.5) is 0 Å². The maximum atomic E-state index is 6.21. The van der Waals surface area contributed by atoms with E-state index in [1.165, 1.54) is 0 Å². The second kappa shape index (κ2) is 5.50. The molecule has 0 aliphatic carbocycles. The lowest BCUT2D eigenvalue weighted by Crippen LogP contribution is -2.20. The quantitative estimate of drug-likeness (QED) is 0.923. The van der Waals surface area contributed by atoms with Crippen LogP contribution in [0.3, 0.4) is 0 Å². The molecular weight excluding hydrogens is 248 g/mol. The second-order valence-electron chi connectivity index (χ2n) is 4.36. The monoisotopic (exact) mass is 264 g/mol. The topological polar surface area (TPSA) is 42.7 Å². The van der Waals surface area contributed by atoms with Gasteiger partial charge in [0, 0.05) is 32.0 Å². The molecule has 18 heavy (non-hydrogen) atoms. The first-order chi connectivity index (χ1) is 8.59. The van der Waals surface area contributed by atoms with Crippen LogP contribution >= 0.6 is 11.6 Å². The fourth-order valence-corrected chi connectivity index (χ4v) is 2.10. The Balaban J connectivity index is 2.04. The molecule has 5 heteroatoms. The van der Waals surface area contributed by atoms with Crippen LogP contribution in [0.2, 0.25) is 5.02 Å². The molecular formula is C13H17ClN4. The van der Waals surface area contributed by atoms with Crippen molar-refractivity contribution in [2.45, 2.75) is 26.4 Å². The number of hydrogen-bond acceptors (Lipinski definition) is 3. The summed E-state index contributed by atoms with van der Waals surface area (Å²) in [6, 6.07) is 4.22. The Bertz CT molecular complexity index is 521. The Morgan fingerprint density at radius 3 is 2.83 bits per heavy atom. The molecule has 2 aromatic rings. The highest BCUT2D eigenvalue weighted by molar-refractivity contribution is 6.31. The van der Waals surface area contributed by atoms with E-state index in [1.807, 2.05) is 30.9 Å². The maximum Gasteiger partial charge on any atom is 0.0860 e. The molecule has 2 rings (SSSR count). The largest absolute Gasteiger partial charge is 0.304 e. The maximum absolute atomic E-state index is 6.21. The van der Waals surface area contributed by atoms with Crippen molar-refractivity contribution >= 4 is 11.6 Å². The van der Waals surface area contributed by atoms with Gasteiger partial charge in [-0.2, -0.15) is 5.10 Å². The zero-order valence-electron chi connectivity index (χ0n) is 10.8. The van der Waals surface area contributed by atoms with E-state index in [2.05, 4.69) is 28.4 Å². The first-order valence-corrected chi connectivity index (χ1v) is 6.28. The van der Waals surface area contributed by atoms with Gasteiger partial charge in [-0.05, 0) is 25.5 Å². The van der Waals surface area contributed by atoms with Crippen molar-refractivity contribution < 1.29 is 0 Å². The van der Waals surface area contributed by atoms with E-state index < -0.39 is 0 Å². The number of halogens is 1. The molecule has 1 atom stereocenters. The van der Waals surface area contributed by atoms with Crippen molar-refractivity contribution in [1.29, 1.82) is 0 Å². The summed E-state index contributed by atoms with van der Waals surface area (Å²) in [6.07, 6.45) is 3.64. The predicted molar refractivity (Wildman–Crippen MR) is 72.4 cm³/mol. The third-order valence-electron chi connectivity index (χ3n) is 3.02. The summed E-state index contributed by atoms with van der Waals surface area (Å²) in [4.78, 5) is 4.12. The van der Waals surface area contributed by atoms with Gasteiger partial charge in [-0.1, -0.05) is 17.7 Å². The van der Waals surface area contributed by atoms with Gasteiger partial charge >= 0.3 is 0 Å². The number of hydrogen-bond donors (Lipinski definition) is 1. The Kier molecular flexibility index (Phi) is 3.99. The van der Waals surface area contributed by atoms with Gasteiger partial charge in [0.15, 0.2) is 0 Å². The molecule has 0 unspecified atom stereocenters. The van der Waals surface area contributed by atoms with Crippen molar-refractivity contribution in [3.63, 3.8) is 0 Å². The van der Waals surface area contributed by atoms with Crippen LogP contribution in [0.15, 0.2) is 24.5 Å². The summed E-state index contributed by atoms with van der Waals surface area (Å²) in [5.74, 6) is 0. The Morgan fingerprint density at radius 1 is 1.50 bits per heavy atom. The lowest BCUT2D eigenvalue weighted by atomic mass is 10.1. The smallest absolute Gasteiger partial charge is 0.0860 e. The summed E-state index contributed by atoms with van der Waals surface area (Å²) in [6.45, 7) is 4.71. The van der Waals surface area contributed by atoms with E-state index in [1.54, 1.807) is 6.20 Å². The van der Waals surface area contributed by atoms with Crippen LogP contribution in [0.1, 0.15) is 29.9 Å². The molecule has 0 aliphatic rings. The number of rotatable bonds is 4. The van der Waals surface area contributed by atoms with Gasteiger partial charge in [0.2, 0.25) is 0 Å². The highest BCUT2D eigenvalue weighted by Gasteiger charge is 2.12. The minimum Gasteiger partial charge on any atom is -0.304 e. The SMILES string of the molecule is Cc1nn(C)c(CN[C@H](C)c2cccnc2)c1Cl. The first-order valence-electron chi connectivity index (χ1n) is 5.91. The minimum atomic E-state index is 0.227. The summed E-state index contributed by atoms with van der Waals surface area (Å²) in [5.41, 5.74) is 3.03. The van der Waals surface area contributed by atoms with Gasteiger partial charge in [-0.15, -0.1) is 0 Å². The minimum absolute atomic E-state index is 0.227. The van der Waals surface area contributed by atoms with Crippen molar-refractivity contribution in [2.75, 3.05) is 0 Å². The molecule has 96 valence electrons. The number of aromatic nitrogens is 3. The summed E-state index contributed by atoms with van der Waals surface area (Å²) < 4.78 is 1.82. The van der Waals surface area contributed by atoms with E-state index in [-0.39, 0.29) is 6.04 Å². The average molecular weight is 265 g/mol. The molecule has 0 saturated carbocycles. The third-order valence-corrected chi connectivity index (χ3v) is 3.51. The zero-order valence-corrected chi connectivity index (χ0v) is 11.6. The zero-order chi connectivity index (χ0) is 13.1. The van der Waals surface area contributed by atoms with Crippen molar-refractivity contribution in [3.05, 3.63) is 46.5 Å². The van der Waals surface area contributed by atoms with Crippen LogP contribution in [0, 0.1) is 6.92 Å². The van der Waals surface area contributed by atoms with Gasteiger partial charge in [0.25, 0.3) is 0 Å². The fraction of sp³-hybridized carbons (Fsp3) is 0.385. The van der Waals surface area contributed by atoms with E-state index in [9.17, 15) is 0 Å². The molecule has 0 radical (unpaired) electrons. The van der Waals surface area contributed by atoms with Gasteiger partial charge in [0.1, 0.15) is 0 Å². The van der Waals surface area contributed by atoms with Crippen molar-refractivity contribution in [2.24, 2.45) is 7.05 Å². The lowest BCUT2D eigenvalue weighted by molar-refractivity contribution is 0.547. The molecule has 0 aromatic carbocycles. The van der Waals surface area contributed by atoms with E-state index in [4.69, 9.17) is 11.6 Å². The first kappa shape index (κ1) is 13.1. The molecule has 0 bridgehead atoms. The van der Waals surface area contributed by atoms with Crippen molar-refractivity contribution in [1.82, 2.24) is 20.1 Å². The summed E-state index contributed by atoms with van der Waals surface area (Å²) >= 11 is 6.21. The number of nitrogens with zero attached hydrogens (tertiary/aromatic N) is 3. The van der Waals surface area contributed by atoms with Crippen molar-refractivity contribution in [3.8, 4) is 0 Å². The van der Waals surface area contributed by atoms with Gasteiger partial charge < -0.3 is 5.32 Å². The van der Waals surface area contributed by atoms with Crippen LogP contribution < -0.4 is 5.32 Å². The molecule has 0 saturated heterocycles. The Labute approximate surface area is 112 Å². The number of aryl methyl sites for hydroxylation is 2. The average Bonchev–Trinajstić information content (AvgIpc) is 2.62. The predicted octanol–water partition coefficient (Wildman–Crippen LogP) is 2.63. The molecule has 0 aliphatic heterocycles. The highest BCUT2D eigenvalue weighted by atomic mass is 35.5. The Morgan fingerprint density at radius 2 is 2.28 bits per heavy atom. The number of pyridine rings is 1. The highest BCUT2D eigenvalue weighted by Crippen LogP contribution is 2.20. The molecule has 1 N–H and O–H groups in total. The molecule has 0 spiro atoms. The second-order valence-corrected chi connectivity index (χ2v) is 4.74. The van der Waals surface area contributed by atoms with E-state index >= 15 is 0 Å². The van der Waals surface area contributed by atoms with Gasteiger partial charge in [-0.3, -0.25) is 9.67 Å². The molecule has 2 heterocycles. The molecule has 0 amide bonds. The summed E-state index contributed by atoms with van der Waals surface area (Å²) in [5, 5.41) is 8.46. The molecule has 0 fully saturated rings. The Hall–Kier alpha value is -1.39. The number of nitrogens with one attached hydrogen (secondary N) is 1. The van der Waals surface area contributed by atoms with E-state index in [0.29, 0.717) is 6.54 Å². The lowest BCUT2D eigenvalue weighted by Gasteiger charge is -2.14. The van der Waals surface area contributed by atoms with Crippen LogP contribution in [-0.2, 0) is 13.6 Å². The fourth-order valence-electron chi connectivity index (χ4n) is 1.87. The third kappa shape index (κ3) is 2.71. The van der Waals surface area contributed by atoms with Gasteiger partial charge in [-0.25, -0.2) is 0 Å². The van der Waals surface area contributed by atoms with Crippen LogP contribution in [-0.4, -0.2) is 14.8 Å². The normalized spacial score (nSPS) is 12.7. The molecule has 4 nitrogen and oxygen atoms in total. The summed E-state index contributed by atoms with van der Waals surface area (Å²) in [7, 11) is 1.91. The van der Waals surface area contributed by atoms with Crippen LogP contribution in [0.5, 0.6) is 0 Å². The van der Waals surface area contributed by atoms with E-state index in [0.717, 1.165) is 22.0 Å². The van der Waals surface area contributed by atoms with Crippen LogP contribution in [0.25, 0.3) is 0 Å². The van der Waals surface area contributed by atoms with Gasteiger partial charge in [0.05, 0.1) is 16.4 Å².